The van der Waals surface area contributed by atoms with Crippen LogP contribution >= 0.6 is 0 Å². The SMILES string of the molecule is CC(C)(CCNC(=O)c1ncc(C(F)(F)F)cc1S(C)(=O)=O)S(=O)(=O)c1cc(F)cc(C(F)(F)F)c1. The molecule has 0 aliphatic heterocycles. The maximum Gasteiger partial charge on any atom is 0.417 e. The molecule has 1 heterocycles. The maximum absolute atomic E-state index is 13.7. The molecular weight excluding hydrogens is 545 g/mol. The van der Waals surface area contributed by atoms with Gasteiger partial charge in [0.05, 0.1) is 25.7 Å². The summed E-state index contributed by atoms with van der Waals surface area (Å²) in [6.45, 7) is 1.70. The Morgan fingerprint density at radius 1 is 0.917 bits per heavy atom. The first-order valence-electron chi connectivity index (χ1n) is 9.75. The van der Waals surface area contributed by atoms with E-state index in [1.54, 1.807) is 0 Å². The molecule has 0 saturated heterocycles. The van der Waals surface area contributed by atoms with Crippen LogP contribution in [0.5, 0.6) is 0 Å². The summed E-state index contributed by atoms with van der Waals surface area (Å²) in [7, 11) is -8.93. The van der Waals surface area contributed by atoms with Gasteiger partial charge in [-0.05, 0) is 44.5 Å². The number of carbonyl (C=O) groups is 1. The van der Waals surface area contributed by atoms with Crippen LogP contribution in [-0.4, -0.2) is 45.3 Å². The Bertz CT molecular complexity index is 1380. The van der Waals surface area contributed by atoms with Crippen LogP contribution < -0.4 is 5.32 Å². The lowest BCUT2D eigenvalue weighted by Gasteiger charge is -2.25. The van der Waals surface area contributed by atoms with Gasteiger partial charge in [-0.1, -0.05) is 0 Å². The van der Waals surface area contributed by atoms with Gasteiger partial charge in [-0.2, -0.15) is 26.3 Å². The van der Waals surface area contributed by atoms with Crippen molar-refractivity contribution in [2.45, 2.75) is 47.2 Å². The van der Waals surface area contributed by atoms with E-state index in [4.69, 9.17) is 0 Å². The molecule has 0 bridgehead atoms. The number of hydrogen-bond acceptors (Lipinski definition) is 6. The quantitative estimate of drug-likeness (QED) is 0.509. The summed E-state index contributed by atoms with van der Waals surface area (Å²) >= 11 is 0. The molecule has 0 saturated carbocycles. The number of nitrogens with zero attached hydrogens (tertiary/aromatic N) is 1. The number of amides is 1. The minimum Gasteiger partial charge on any atom is -0.351 e. The summed E-state index contributed by atoms with van der Waals surface area (Å²) in [5, 5.41) is 2.13. The predicted molar refractivity (Wildman–Crippen MR) is 112 cm³/mol. The zero-order valence-corrected chi connectivity index (χ0v) is 20.4. The molecule has 2 rings (SSSR count). The highest BCUT2D eigenvalue weighted by molar-refractivity contribution is 7.92. The average molecular weight is 565 g/mol. The summed E-state index contributed by atoms with van der Waals surface area (Å²) in [6.07, 6.45) is -9.60. The third-order valence-electron chi connectivity index (χ3n) is 5.04. The van der Waals surface area contributed by atoms with Crippen molar-refractivity contribution in [2.24, 2.45) is 0 Å². The van der Waals surface area contributed by atoms with Crippen LogP contribution in [0.2, 0.25) is 0 Å². The molecule has 0 aliphatic rings. The normalized spacial score (nSPS) is 13.5. The summed E-state index contributed by atoms with van der Waals surface area (Å²) < 4.78 is 139. The van der Waals surface area contributed by atoms with E-state index in [0.717, 1.165) is 13.8 Å². The van der Waals surface area contributed by atoms with Crippen molar-refractivity contribution in [3.63, 3.8) is 0 Å². The van der Waals surface area contributed by atoms with Gasteiger partial charge in [-0.15, -0.1) is 0 Å². The summed E-state index contributed by atoms with van der Waals surface area (Å²) in [6, 6.07) is 1.04. The van der Waals surface area contributed by atoms with Crippen molar-refractivity contribution in [1.82, 2.24) is 10.3 Å². The molecule has 36 heavy (non-hydrogen) atoms. The molecule has 1 aromatic carbocycles. The summed E-state index contributed by atoms with van der Waals surface area (Å²) in [5.74, 6) is -2.67. The molecular formula is C20H19F7N2O5S2. The second-order valence-electron chi connectivity index (χ2n) is 8.28. The average Bonchev–Trinajstić information content (AvgIpc) is 2.70. The Morgan fingerprint density at radius 3 is 1.97 bits per heavy atom. The number of alkyl halides is 6. The summed E-state index contributed by atoms with van der Waals surface area (Å²) in [5.41, 5.74) is -3.81. The van der Waals surface area contributed by atoms with E-state index in [2.05, 4.69) is 10.3 Å². The van der Waals surface area contributed by atoms with Crippen LogP contribution in [0.1, 0.15) is 41.9 Å². The zero-order chi connectivity index (χ0) is 27.9. The van der Waals surface area contributed by atoms with E-state index in [1.165, 1.54) is 0 Å². The lowest BCUT2D eigenvalue weighted by atomic mass is 10.1. The Balaban J connectivity index is 2.28. The number of hydrogen-bond donors (Lipinski definition) is 1. The fourth-order valence-corrected chi connectivity index (χ4v) is 5.34. The predicted octanol–water partition coefficient (Wildman–Crippen LogP) is 4.03. The fourth-order valence-electron chi connectivity index (χ4n) is 2.95. The molecule has 1 aromatic heterocycles. The molecule has 0 spiro atoms. The van der Waals surface area contributed by atoms with Crippen LogP contribution in [0.4, 0.5) is 30.7 Å². The second-order valence-corrected chi connectivity index (χ2v) is 12.9. The van der Waals surface area contributed by atoms with Gasteiger partial charge in [0.25, 0.3) is 5.91 Å². The molecule has 0 unspecified atom stereocenters. The minimum atomic E-state index is -5.02. The molecule has 2 aromatic rings. The first-order valence-corrected chi connectivity index (χ1v) is 13.1. The fraction of sp³-hybridized carbons (Fsp3) is 0.400. The van der Waals surface area contributed by atoms with Crippen LogP contribution in [0.25, 0.3) is 0 Å². The second kappa shape index (κ2) is 9.61. The number of sulfone groups is 2. The highest BCUT2D eigenvalue weighted by Crippen LogP contribution is 2.35. The van der Waals surface area contributed by atoms with Crippen molar-refractivity contribution in [3.8, 4) is 0 Å². The Kier molecular flexibility index (Phi) is 7.87. The van der Waals surface area contributed by atoms with Gasteiger partial charge in [0.2, 0.25) is 0 Å². The molecule has 16 heteroatoms. The number of aromatic nitrogens is 1. The first-order chi connectivity index (χ1) is 16.1. The molecule has 0 fully saturated rings. The van der Waals surface area contributed by atoms with Gasteiger partial charge in [0, 0.05) is 19.0 Å². The number of carbonyl (C=O) groups excluding carboxylic acids is 1. The third-order valence-corrected chi connectivity index (χ3v) is 8.67. The van der Waals surface area contributed by atoms with Crippen LogP contribution in [-0.2, 0) is 32.0 Å². The van der Waals surface area contributed by atoms with E-state index < -0.39 is 88.1 Å². The van der Waals surface area contributed by atoms with Crippen LogP contribution in [0.15, 0.2) is 40.3 Å². The number of rotatable bonds is 7. The number of benzene rings is 1. The Morgan fingerprint density at radius 2 is 1.47 bits per heavy atom. The van der Waals surface area contributed by atoms with Gasteiger partial charge in [-0.25, -0.2) is 26.2 Å². The molecule has 7 nitrogen and oxygen atoms in total. The van der Waals surface area contributed by atoms with E-state index in [0.29, 0.717) is 12.3 Å². The molecule has 0 radical (unpaired) electrons. The smallest absolute Gasteiger partial charge is 0.351 e. The molecule has 1 N–H and O–H groups in total. The van der Waals surface area contributed by atoms with Gasteiger partial charge in [-0.3, -0.25) is 4.79 Å². The van der Waals surface area contributed by atoms with Crippen molar-refractivity contribution in [2.75, 3.05) is 12.8 Å². The van der Waals surface area contributed by atoms with Crippen LogP contribution in [0.3, 0.4) is 0 Å². The molecule has 1 amide bonds. The largest absolute Gasteiger partial charge is 0.417 e. The van der Waals surface area contributed by atoms with E-state index in [9.17, 15) is 52.4 Å². The zero-order valence-electron chi connectivity index (χ0n) is 18.8. The number of halogens is 7. The maximum atomic E-state index is 13.7. The summed E-state index contributed by atoms with van der Waals surface area (Å²) in [4.78, 5) is 13.8. The standard InChI is InChI=1S/C20H19F7N2O5S2/c1-18(2,36(33,34)14-7-11(19(22,23)24)6-13(21)9-14)4-5-28-17(30)16-15(35(3,31)32)8-12(10-29-16)20(25,26)27/h6-10H,4-5H2,1-3H3,(H,28,30). The number of pyridine rings is 1. The topological polar surface area (TPSA) is 110 Å². The highest BCUT2D eigenvalue weighted by atomic mass is 32.2. The van der Waals surface area contributed by atoms with E-state index >= 15 is 0 Å². The van der Waals surface area contributed by atoms with Gasteiger partial charge in [0.1, 0.15) is 11.5 Å². The first kappa shape index (κ1) is 29.5. The van der Waals surface area contributed by atoms with E-state index in [-0.39, 0.29) is 24.4 Å². The van der Waals surface area contributed by atoms with Crippen molar-refractivity contribution >= 4 is 25.6 Å². The van der Waals surface area contributed by atoms with E-state index in [1.807, 2.05) is 0 Å². The van der Waals surface area contributed by atoms with Gasteiger partial charge in [0.15, 0.2) is 19.7 Å². The lowest BCUT2D eigenvalue weighted by molar-refractivity contribution is -0.138. The Labute approximate surface area is 201 Å². The Hall–Kier alpha value is -2.75. The monoisotopic (exact) mass is 564 g/mol. The minimum absolute atomic E-state index is 0.128. The van der Waals surface area contributed by atoms with Crippen molar-refractivity contribution < 1.29 is 52.4 Å². The highest BCUT2D eigenvalue weighted by Gasteiger charge is 2.39. The van der Waals surface area contributed by atoms with Crippen molar-refractivity contribution in [1.29, 1.82) is 0 Å². The van der Waals surface area contributed by atoms with Gasteiger partial charge >= 0.3 is 12.4 Å². The molecule has 0 atom stereocenters. The van der Waals surface area contributed by atoms with Gasteiger partial charge < -0.3 is 5.32 Å². The third kappa shape index (κ3) is 6.52. The molecule has 0 aliphatic carbocycles. The van der Waals surface area contributed by atoms with Crippen molar-refractivity contribution in [3.05, 3.63) is 53.1 Å². The number of nitrogens with one attached hydrogen (secondary N) is 1. The lowest BCUT2D eigenvalue weighted by Crippen LogP contribution is -2.37. The van der Waals surface area contributed by atoms with Crippen LogP contribution in [0, 0.1) is 5.82 Å². The molecule has 200 valence electrons.